The van der Waals surface area contributed by atoms with Crippen LogP contribution < -0.4 is 0 Å². The number of carboxylic acid groups (broad SMARTS) is 1. The Hall–Kier alpha value is -1.45. The molecule has 0 saturated carbocycles. The highest BCUT2D eigenvalue weighted by Crippen LogP contribution is 2.17. The molecule has 2 rings (SSSR count). The smallest absolute Gasteiger partial charge is 0.303 e. The number of hydrogen-bond donors (Lipinski definition) is 1. The Morgan fingerprint density at radius 2 is 2.21 bits per heavy atom. The highest BCUT2D eigenvalue weighted by Gasteiger charge is 2.14. The minimum atomic E-state index is -0.785. The maximum Gasteiger partial charge on any atom is 0.303 e. The average molecular weight is 192 g/mol. The topological polar surface area (TPSA) is 63.1 Å². The second-order valence-electron chi connectivity index (χ2n) is 3.50. The van der Waals surface area contributed by atoms with E-state index in [-0.39, 0.29) is 6.42 Å². The third-order valence-corrected chi connectivity index (χ3v) is 2.40. The van der Waals surface area contributed by atoms with E-state index < -0.39 is 5.97 Å². The molecule has 1 aliphatic rings. The van der Waals surface area contributed by atoms with Crippen molar-refractivity contribution in [2.45, 2.75) is 32.1 Å². The predicted octanol–water partition coefficient (Wildman–Crippen LogP) is 0.982. The minimum absolute atomic E-state index is 0.132. The lowest BCUT2D eigenvalue weighted by molar-refractivity contribution is -0.136. The Labute approximate surface area is 82.0 Å². The highest BCUT2D eigenvalue weighted by atomic mass is 16.4. The van der Waals surface area contributed by atoms with E-state index in [2.05, 4.69) is 9.97 Å². The van der Waals surface area contributed by atoms with Gasteiger partial charge in [0.15, 0.2) is 0 Å². The number of aliphatic carboxylic acids is 1. The molecule has 0 aliphatic heterocycles. The van der Waals surface area contributed by atoms with Crippen molar-refractivity contribution < 1.29 is 9.90 Å². The van der Waals surface area contributed by atoms with Crippen LogP contribution >= 0.6 is 0 Å². The molecule has 0 fully saturated rings. The fourth-order valence-electron chi connectivity index (χ4n) is 1.68. The van der Waals surface area contributed by atoms with Gasteiger partial charge in [0.1, 0.15) is 0 Å². The van der Waals surface area contributed by atoms with Gasteiger partial charge in [-0.05, 0) is 19.3 Å². The molecule has 4 heteroatoms. The van der Waals surface area contributed by atoms with Crippen LogP contribution in [0.15, 0.2) is 6.20 Å². The summed E-state index contributed by atoms with van der Waals surface area (Å²) >= 11 is 0. The summed E-state index contributed by atoms with van der Waals surface area (Å²) in [5.74, 6) is -0.785. The van der Waals surface area contributed by atoms with E-state index in [1.165, 1.54) is 0 Å². The van der Waals surface area contributed by atoms with Crippen LogP contribution in [0.1, 0.15) is 29.9 Å². The van der Waals surface area contributed by atoms with Crippen molar-refractivity contribution in [3.8, 4) is 0 Å². The van der Waals surface area contributed by atoms with Crippen LogP contribution in [-0.2, 0) is 24.1 Å². The van der Waals surface area contributed by atoms with Gasteiger partial charge in [0.2, 0.25) is 0 Å². The number of hydrogen-bond acceptors (Lipinski definition) is 3. The largest absolute Gasteiger partial charge is 0.481 e. The van der Waals surface area contributed by atoms with Gasteiger partial charge in [0.25, 0.3) is 0 Å². The quantitative estimate of drug-likeness (QED) is 0.775. The van der Waals surface area contributed by atoms with Crippen molar-refractivity contribution in [2.24, 2.45) is 0 Å². The SMILES string of the molecule is O=C(O)CCc1cnc2c(n1)CCC2. The number of carbonyl (C=O) groups is 1. The first-order valence-corrected chi connectivity index (χ1v) is 4.81. The normalized spacial score (nSPS) is 14.0. The first-order valence-electron chi connectivity index (χ1n) is 4.81. The Balaban J connectivity index is 2.09. The molecule has 0 radical (unpaired) electrons. The molecule has 4 nitrogen and oxygen atoms in total. The molecular formula is C10H12N2O2. The van der Waals surface area contributed by atoms with Crippen molar-refractivity contribution in [2.75, 3.05) is 0 Å². The molecule has 0 bridgehead atoms. The van der Waals surface area contributed by atoms with E-state index in [4.69, 9.17) is 5.11 Å². The van der Waals surface area contributed by atoms with Crippen molar-refractivity contribution in [1.82, 2.24) is 9.97 Å². The lowest BCUT2D eigenvalue weighted by atomic mass is 10.2. The van der Waals surface area contributed by atoms with Crippen LogP contribution in [-0.4, -0.2) is 21.0 Å². The van der Waals surface area contributed by atoms with E-state index >= 15 is 0 Å². The maximum absolute atomic E-state index is 10.4. The fourth-order valence-corrected chi connectivity index (χ4v) is 1.68. The number of aryl methyl sites for hydroxylation is 3. The Kier molecular flexibility index (Phi) is 2.43. The lowest BCUT2D eigenvalue weighted by Crippen LogP contribution is -2.02. The zero-order chi connectivity index (χ0) is 9.97. The minimum Gasteiger partial charge on any atom is -0.481 e. The average Bonchev–Trinajstić information content (AvgIpc) is 2.61. The number of carboxylic acids is 1. The maximum atomic E-state index is 10.4. The third kappa shape index (κ3) is 1.89. The monoisotopic (exact) mass is 192 g/mol. The summed E-state index contributed by atoms with van der Waals surface area (Å²) < 4.78 is 0. The van der Waals surface area contributed by atoms with Gasteiger partial charge >= 0.3 is 5.97 Å². The molecular weight excluding hydrogens is 180 g/mol. The first kappa shape index (κ1) is 9.12. The molecule has 1 aromatic rings. The van der Waals surface area contributed by atoms with Crippen LogP contribution in [0.4, 0.5) is 0 Å². The van der Waals surface area contributed by atoms with Crippen LogP contribution in [0.2, 0.25) is 0 Å². The predicted molar refractivity (Wildman–Crippen MR) is 50.0 cm³/mol. The van der Waals surface area contributed by atoms with Crippen molar-refractivity contribution in [3.63, 3.8) is 0 Å². The summed E-state index contributed by atoms with van der Waals surface area (Å²) in [6.45, 7) is 0. The zero-order valence-corrected chi connectivity index (χ0v) is 7.86. The van der Waals surface area contributed by atoms with Crippen LogP contribution in [0.25, 0.3) is 0 Å². The second-order valence-corrected chi connectivity index (χ2v) is 3.50. The number of fused-ring (bicyclic) bond motifs is 1. The third-order valence-electron chi connectivity index (χ3n) is 2.40. The van der Waals surface area contributed by atoms with Crippen LogP contribution in [0.5, 0.6) is 0 Å². The fraction of sp³-hybridized carbons (Fsp3) is 0.500. The van der Waals surface area contributed by atoms with E-state index in [1.807, 2.05) is 0 Å². The van der Waals surface area contributed by atoms with Gasteiger partial charge in [0, 0.05) is 12.6 Å². The van der Waals surface area contributed by atoms with Crippen molar-refractivity contribution >= 4 is 5.97 Å². The van der Waals surface area contributed by atoms with E-state index in [1.54, 1.807) is 6.20 Å². The molecule has 0 aromatic carbocycles. The molecule has 0 unspecified atom stereocenters. The molecule has 1 heterocycles. The van der Waals surface area contributed by atoms with Crippen molar-refractivity contribution in [1.29, 1.82) is 0 Å². The van der Waals surface area contributed by atoms with Gasteiger partial charge in [0.05, 0.1) is 23.5 Å². The van der Waals surface area contributed by atoms with Gasteiger partial charge in [-0.2, -0.15) is 0 Å². The summed E-state index contributed by atoms with van der Waals surface area (Å²) in [5.41, 5.74) is 2.95. The zero-order valence-electron chi connectivity index (χ0n) is 7.86. The molecule has 14 heavy (non-hydrogen) atoms. The van der Waals surface area contributed by atoms with E-state index in [0.717, 1.165) is 36.3 Å². The van der Waals surface area contributed by atoms with Crippen LogP contribution in [0.3, 0.4) is 0 Å². The number of nitrogens with zero attached hydrogens (tertiary/aromatic N) is 2. The van der Waals surface area contributed by atoms with Gasteiger partial charge in [-0.1, -0.05) is 0 Å². The summed E-state index contributed by atoms with van der Waals surface area (Å²) in [4.78, 5) is 19.0. The summed E-state index contributed by atoms with van der Waals surface area (Å²) in [6, 6.07) is 0. The Bertz CT molecular complexity index is 363. The summed E-state index contributed by atoms with van der Waals surface area (Å²) in [7, 11) is 0. The summed E-state index contributed by atoms with van der Waals surface area (Å²) in [6.07, 6.45) is 5.44. The molecule has 0 spiro atoms. The Morgan fingerprint density at radius 3 is 3.00 bits per heavy atom. The molecule has 1 N–H and O–H groups in total. The molecule has 1 aromatic heterocycles. The van der Waals surface area contributed by atoms with Crippen molar-refractivity contribution in [3.05, 3.63) is 23.3 Å². The molecule has 0 saturated heterocycles. The molecule has 0 atom stereocenters. The van der Waals surface area contributed by atoms with Gasteiger partial charge in [-0.3, -0.25) is 14.8 Å². The van der Waals surface area contributed by atoms with E-state index in [0.29, 0.717) is 6.42 Å². The first-order chi connectivity index (χ1) is 6.75. The number of rotatable bonds is 3. The number of aromatic nitrogens is 2. The molecule has 0 amide bonds. The second kappa shape index (κ2) is 3.74. The summed E-state index contributed by atoms with van der Waals surface area (Å²) in [5, 5.41) is 8.52. The standard InChI is InChI=1S/C10H12N2O2/c13-10(14)5-4-7-6-11-8-2-1-3-9(8)12-7/h6H,1-5H2,(H,13,14). The molecule has 74 valence electrons. The van der Waals surface area contributed by atoms with Crippen LogP contribution in [0, 0.1) is 0 Å². The van der Waals surface area contributed by atoms with Gasteiger partial charge in [-0.15, -0.1) is 0 Å². The highest BCUT2D eigenvalue weighted by molar-refractivity contribution is 5.66. The van der Waals surface area contributed by atoms with Gasteiger partial charge in [-0.25, -0.2) is 0 Å². The van der Waals surface area contributed by atoms with Gasteiger partial charge < -0.3 is 5.11 Å². The van der Waals surface area contributed by atoms with E-state index in [9.17, 15) is 4.79 Å². The molecule has 1 aliphatic carbocycles. The Morgan fingerprint density at radius 1 is 1.43 bits per heavy atom. The lowest BCUT2D eigenvalue weighted by Gasteiger charge is -2.01.